The van der Waals surface area contributed by atoms with Gasteiger partial charge in [-0.1, -0.05) is 13.0 Å². The fourth-order valence-electron chi connectivity index (χ4n) is 4.05. The first-order valence-corrected chi connectivity index (χ1v) is 10.2. The minimum Gasteiger partial charge on any atom is -0.507 e. The number of ether oxygens (including phenoxy) is 1. The Morgan fingerprint density at radius 2 is 1.96 bits per heavy atom. The van der Waals surface area contributed by atoms with Gasteiger partial charge in [-0.25, -0.2) is 0 Å². The van der Waals surface area contributed by atoms with Gasteiger partial charge in [-0.15, -0.1) is 10.2 Å². The molecule has 7 heteroatoms. The van der Waals surface area contributed by atoms with Crippen LogP contribution in [0.25, 0.3) is 0 Å². The van der Waals surface area contributed by atoms with Crippen molar-refractivity contribution in [3.8, 4) is 5.75 Å². The number of benzene rings is 1. The molecule has 3 heterocycles. The van der Waals surface area contributed by atoms with E-state index >= 15 is 0 Å². The fourth-order valence-corrected chi connectivity index (χ4v) is 4.05. The number of piperidine rings is 1. The predicted octanol–water partition coefficient (Wildman–Crippen LogP) is 3.60. The molecule has 0 aliphatic carbocycles. The molecule has 2 aliphatic rings. The largest absolute Gasteiger partial charge is 0.507 e. The van der Waals surface area contributed by atoms with Crippen LogP contribution in [0.15, 0.2) is 22.6 Å². The molecule has 4 rings (SSSR count). The summed E-state index contributed by atoms with van der Waals surface area (Å²) >= 11 is 0. The maximum absolute atomic E-state index is 13.2. The Balaban J connectivity index is 1.58. The molecular formula is C21H27N3O4. The van der Waals surface area contributed by atoms with E-state index in [4.69, 9.17) is 9.15 Å². The molecule has 1 atom stereocenters. The first-order chi connectivity index (χ1) is 13.7. The highest BCUT2D eigenvalue weighted by molar-refractivity contribution is 5.97. The number of hydrogen-bond acceptors (Lipinski definition) is 6. The molecule has 0 unspecified atom stereocenters. The van der Waals surface area contributed by atoms with Crippen LogP contribution in [-0.2, 0) is 11.2 Å². The van der Waals surface area contributed by atoms with Gasteiger partial charge in [-0.2, -0.15) is 0 Å². The quantitative estimate of drug-likeness (QED) is 0.865. The number of phenolic OH excluding ortho intramolecular Hbond substituents is 1. The summed E-state index contributed by atoms with van der Waals surface area (Å²) in [5.74, 6) is 1.21. The lowest BCUT2D eigenvalue weighted by molar-refractivity contribution is 0.0558. The number of likely N-dealkylation sites (tertiary alicyclic amines) is 1. The zero-order valence-corrected chi connectivity index (χ0v) is 16.3. The Labute approximate surface area is 164 Å². The minimum atomic E-state index is -0.243. The van der Waals surface area contributed by atoms with Crippen LogP contribution in [0.4, 0.5) is 0 Å². The van der Waals surface area contributed by atoms with E-state index in [1.54, 1.807) is 17.0 Å². The van der Waals surface area contributed by atoms with Gasteiger partial charge in [0.2, 0.25) is 11.8 Å². The van der Waals surface area contributed by atoms with Gasteiger partial charge in [0.05, 0.1) is 5.56 Å². The number of rotatable bonds is 4. The van der Waals surface area contributed by atoms with Gasteiger partial charge in [0.25, 0.3) is 5.91 Å². The number of hydrogen-bond donors (Lipinski definition) is 1. The Morgan fingerprint density at radius 1 is 1.18 bits per heavy atom. The number of aryl methyl sites for hydroxylation is 1. The predicted molar refractivity (Wildman–Crippen MR) is 102 cm³/mol. The summed E-state index contributed by atoms with van der Waals surface area (Å²) in [4.78, 5) is 15.0. The van der Waals surface area contributed by atoms with E-state index in [1.165, 1.54) is 0 Å². The zero-order valence-electron chi connectivity index (χ0n) is 16.3. The maximum Gasteiger partial charge on any atom is 0.258 e. The molecule has 0 spiro atoms. The molecule has 1 aromatic heterocycles. The van der Waals surface area contributed by atoms with Crippen LogP contribution in [0.5, 0.6) is 5.75 Å². The summed E-state index contributed by atoms with van der Waals surface area (Å²) in [6.45, 7) is 4.07. The van der Waals surface area contributed by atoms with Gasteiger partial charge in [-0.3, -0.25) is 4.79 Å². The van der Waals surface area contributed by atoms with Crippen molar-refractivity contribution in [3.05, 3.63) is 41.1 Å². The van der Waals surface area contributed by atoms with E-state index in [0.717, 1.165) is 44.1 Å². The zero-order chi connectivity index (χ0) is 19.5. The highest BCUT2D eigenvalue weighted by Gasteiger charge is 2.34. The van der Waals surface area contributed by atoms with Crippen molar-refractivity contribution in [3.63, 3.8) is 0 Å². The summed E-state index contributed by atoms with van der Waals surface area (Å²) in [5, 5.41) is 18.8. The van der Waals surface area contributed by atoms with Crippen LogP contribution in [0.2, 0.25) is 0 Å². The van der Waals surface area contributed by atoms with Crippen molar-refractivity contribution in [2.24, 2.45) is 0 Å². The summed E-state index contributed by atoms with van der Waals surface area (Å²) < 4.78 is 11.4. The van der Waals surface area contributed by atoms with Crippen LogP contribution in [0.1, 0.15) is 78.7 Å². The van der Waals surface area contributed by atoms with Crippen molar-refractivity contribution in [1.82, 2.24) is 15.1 Å². The molecule has 2 fully saturated rings. The molecule has 1 N–H and O–H groups in total. The molecule has 0 radical (unpaired) electrons. The average molecular weight is 385 g/mol. The highest BCUT2D eigenvalue weighted by Crippen LogP contribution is 2.35. The second kappa shape index (κ2) is 8.31. The summed E-state index contributed by atoms with van der Waals surface area (Å²) in [7, 11) is 0. The number of aromatic hydroxyl groups is 1. The molecule has 0 saturated carbocycles. The Kier molecular flexibility index (Phi) is 5.62. The van der Waals surface area contributed by atoms with Crippen LogP contribution >= 0.6 is 0 Å². The monoisotopic (exact) mass is 385 g/mol. The van der Waals surface area contributed by atoms with Gasteiger partial charge >= 0.3 is 0 Å². The third-order valence-electron chi connectivity index (χ3n) is 5.78. The van der Waals surface area contributed by atoms with E-state index in [-0.39, 0.29) is 23.6 Å². The van der Waals surface area contributed by atoms with E-state index < -0.39 is 0 Å². The lowest BCUT2D eigenvalue weighted by Gasteiger charge is -2.33. The second-order valence-corrected chi connectivity index (χ2v) is 7.58. The Bertz CT molecular complexity index is 829. The smallest absolute Gasteiger partial charge is 0.258 e. The average Bonchev–Trinajstić information content (AvgIpc) is 3.24. The molecule has 150 valence electrons. The third kappa shape index (κ3) is 3.76. The normalized spacial score (nSPS) is 21.0. The molecule has 1 amide bonds. The van der Waals surface area contributed by atoms with Gasteiger partial charge in [0, 0.05) is 25.7 Å². The second-order valence-electron chi connectivity index (χ2n) is 7.58. The number of phenols is 1. The molecule has 1 aromatic carbocycles. The summed E-state index contributed by atoms with van der Waals surface area (Å²) in [5.41, 5.74) is 1.37. The first kappa shape index (κ1) is 18.9. The molecule has 7 nitrogen and oxygen atoms in total. The topological polar surface area (TPSA) is 88.7 Å². The van der Waals surface area contributed by atoms with Gasteiger partial charge < -0.3 is 19.2 Å². The van der Waals surface area contributed by atoms with Gasteiger partial charge in [-0.05, 0) is 56.2 Å². The Hall–Kier alpha value is -2.41. The van der Waals surface area contributed by atoms with Crippen LogP contribution in [-0.4, -0.2) is 45.9 Å². The van der Waals surface area contributed by atoms with E-state index in [1.807, 2.05) is 13.0 Å². The van der Waals surface area contributed by atoms with Crippen molar-refractivity contribution in [2.45, 2.75) is 57.4 Å². The number of aromatic nitrogens is 2. The third-order valence-corrected chi connectivity index (χ3v) is 5.78. The van der Waals surface area contributed by atoms with Crippen molar-refractivity contribution in [1.29, 1.82) is 0 Å². The molecule has 2 aliphatic heterocycles. The van der Waals surface area contributed by atoms with Gasteiger partial charge in [0.1, 0.15) is 11.8 Å². The number of nitrogens with zero attached hydrogens (tertiary/aromatic N) is 3. The number of amides is 1. The highest BCUT2D eigenvalue weighted by atomic mass is 16.5. The van der Waals surface area contributed by atoms with E-state index in [2.05, 4.69) is 10.2 Å². The van der Waals surface area contributed by atoms with E-state index in [0.29, 0.717) is 37.1 Å². The minimum absolute atomic E-state index is 0.0138. The van der Waals surface area contributed by atoms with Crippen LogP contribution in [0, 0.1) is 0 Å². The molecule has 0 bridgehead atoms. The first-order valence-electron chi connectivity index (χ1n) is 10.2. The Morgan fingerprint density at radius 3 is 2.75 bits per heavy atom. The lowest BCUT2D eigenvalue weighted by atomic mass is 9.99. The molecular weight excluding hydrogens is 358 g/mol. The maximum atomic E-state index is 13.2. The summed E-state index contributed by atoms with van der Waals surface area (Å²) in [6, 6.07) is 4.98. The fraction of sp³-hybridized carbons (Fsp3) is 0.571. The van der Waals surface area contributed by atoms with Crippen molar-refractivity contribution < 1.29 is 19.1 Å². The number of carbonyl (C=O) groups excluding carboxylic acids is 1. The van der Waals surface area contributed by atoms with Crippen LogP contribution < -0.4 is 0 Å². The van der Waals surface area contributed by atoms with Crippen molar-refractivity contribution in [2.75, 3.05) is 19.8 Å². The standard InChI is InChI=1S/C21H27N3O4/c1-2-14-6-7-18(25)16(13-14)21(26)24-10-4-3-5-17(24)20-23-22-19(28-20)15-8-11-27-12-9-15/h6-7,13,15,17,25H,2-5,8-12H2,1H3/t17-/m1/s1. The molecule has 2 saturated heterocycles. The molecule has 2 aromatic rings. The van der Waals surface area contributed by atoms with Crippen LogP contribution in [0.3, 0.4) is 0 Å². The van der Waals surface area contributed by atoms with E-state index in [9.17, 15) is 9.90 Å². The SMILES string of the molecule is CCc1ccc(O)c(C(=O)N2CCCC[C@@H]2c2nnc(C3CCOCC3)o2)c1. The lowest BCUT2D eigenvalue weighted by Crippen LogP contribution is -2.38. The number of carbonyl (C=O) groups is 1. The van der Waals surface area contributed by atoms with Crippen molar-refractivity contribution >= 4 is 5.91 Å². The van der Waals surface area contributed by atoms with Gasteiger partial charge in [0.15, 0.2) is 0 Å². The summed E-state index contributed by atoms with van der Waals surface area (Å²) in [6.07, 6.45) is 5.29. The molecule has 28 heavy (non-hydrogen) atoms.